The van der Waals surface area contributed by atoms with Crippen molar-refractivity contribution in [3.8, 4) is 0 Å². The number of nitrogens with zero attached hydrogens (tertiary/aromatic N) is 2. The lowest BCUT2D eigenvalue weighted by molar-refractivity contribution is -0.149. The number of rotatable bonds is 1. The van der Waals surface area contributed by atoms with E-state index >= 15 is 0 Å². The van der Waals surface area contributed by atoms with Crippen molar-refractivity contribution < 1.29 is 9.53 Å². The van der Waals surface area contributed by atoms with E-state index in [1.165, 1.54) is 19.4 Å². The molecule has 78 valence electrons. The average molecular weight is 196 g/mol. The van der Waals surface area contributed by atoms with Gasteiger partial charge in [0.1, 0.15) is 0 Å². The van der Waals surface area contributed by atoms with Gasteiger partial charge in [0.2, 0.25) is 0 Å². The number of hydrogen-bond acceptors (Lipinski definition) is 3. The first-order valence-electron chi connectivity index (χ1n) is 5.39. The molecule has 0 aliphatic carbocycles. The van der Waals surface area contributed by atoms with Crippen molar-refractivity contribution in [1.82, 2.24) is 9.80 Å². The molecular formula is C10H16N2O2. The molecule has 3 unspecified atom stereocenters. The molecule has 3 fully saturated rings. The molecule has 4 heteroatoms. The van der Waals surface area contributed by atoms with Crippen molar-refractivity contribution in [2.45, 2.75) is 31.0 Å². The Morgan fingerprint density at radius 1 is 1.43 bits per heavy atom. The highest BCUT2D eigenvalue weighted by Gasteiger charge is 2.49. The van der Waals surface area contributed by atoms with Gasteiger partial charge in [-0.1, -0.05) is 0 Å². The fourth-order valence-electron chi connectivity index (χ4n) is 2.65. The van der Waals surface area contributed by atoms with E-state index in [1.807, 2.05) is 4.90 Å². The Hall–Kier alpha value is -0.610. The molecule has 3 heterocycles. The summed E-state index contributed by atoms with van der Waals surface area (Å²) in [5, 5.41) is 0. The monoisotopic (exact) mass is 196 g/mol. The summed E-state index contributed by atoms with van der Waals surface area (Å²) in [6.07, 6.45) is 2.30. The van der Waals surface area contributed by atoms with Gasteiger partial charge in [-0.15, -0.1) is 0 Å². The Balaban J connectivity index is 1.65. The van der Waals surface area contributed by atoms with Gasteiger partial charge in [0.05, 0.1) is 6.61 Å². The van der Waals surface area contributed by atoms with Crippen LogP contribution in [-0.4, -0.2) is 60.6 Å². The summed E-state index contributed by atoms with van der Waals surface area (Å²) >= 11 is 0. The zero-order valence-electron chi connectivity index (χ0n) is 8.48. The fourth-order valence-corrected chi connectivity index (χ4v) is 2.65. The Morgan fingerprint density at radius 3 is 2.93 bits per heavy atom. The number of carbonyl (C=O) groups excluding carboxylic acids is 1. The molecule has 3 aliphatic rings. The molecule has 3 saturated heterocycles. The lowest BCUT2D eigenvalue weighted by atomic mass is 9.87. The second-order valence-corrected chi connectivity index (χ2v) is 4.57. The lowest BCUT2D eigenvalue weighted by Gasteiger charge is -2.54. The highest BCUT2D eigenvalue weighted by atomic mass is 16.6. The van der Waals surface area contributed by atoms with Crippen LogP contribution in [0.2, 0.25) is 0 Å². The van der Waals surface area contributed by atoms with Crippen molar-refractivity contribution in [1.29, 1.82) is 0 Å². The van der Waals surface area contributed by atoms with E-state index in [4.69, 9.17) is 4.74 Å². The van der Waals surface area contributed by atoms with Crippen LogP contribution in [0, 0.1) is 0 Å². The molecule has 0 aromatic heterocycles. The highest BCUT2D eigenvalue weighted by molar-refractivity contribution is 5.84. The first-order valence-corrected chi connectivity index (χ1v) is 5.39. The number of epoxide rings is 1. The van der Waals surface area contributed by atoms with Crippen molar-refractivity contribution in [3.63, 3.8) is 0 Å². The quantitative estimate of drug-likeness (QED) is 0.540. The van der Waals surface area contributed by atoms with Gasteiger partial charge in [-0.3, -0.25) is 9.69 Å². The van der Waals surface area contributed by atoms with E-state index < -0.39 is 0 Å². The van der Waals surface area contributed by atoms with E-state index in [-0.39, 0.29) is 12.0 Å². The number of amides is 1. The van der Waals surface area contributed by atoms with Crippen LogP contribution in [0.5, 0.6) is 0 Å². The number of piperidine rings is 1. The van der Waals surface area contributed by atoms with E-state index in [0.29, 0.717) is 18.7 Å². The third-order valence-corrected chi connectivity index (χ3v) is 3.70. The van der Waals surface area contributed by atoms with Gasteiger partial charge in [-0.2, -0.15) is 0 Å². The van der Waals surface area contributed by atoms with Crippen LogP contribution < -0.4 is 0 Å². The Bertz CT molecular complexity index is 265. The summed E-state index contributed by atoms with van der Waals surface area (Å²) in [7, 11) is 2.16. The topological polar surface area (TPSA) is 36.1 Å². The number of ether oxygens (including phenoxy) is 1. The predicted octanol–water partition coefficient (Wildman–Crippen LogP) is -0.310. The molecule has 3 atom stereocenters. The molecule has 0 N–H and O–H groups in total. The second-order valence-electron chi connectivity index (χ2n) is 4.57. The molecule has 1 amide bonds. The van der Waals surface area contributed by atoms with Crippen LogP contribution >= 0.6 is 0 Å². The maximum Gasteiger partial charge on any atom is 0.254 e. The minimum absolute atomic E-state index is 0.0943. The van der Waals surface area contributed by atoms with Gasteiger partial charge in [-0.05, 0) is 26.4 Å². The van der Waals surface area contributed by atoms with Crippen molar-refractivity contribution in [2.75, 3.05) is 26.7 Å². The largest absolute Gasteiger partial charge is 0.363 e. The summed E-state index contributed by atoms with van der Waals surface area (Å²) in [6, 6.07) is 1.09. The predicted molar refractivity (Wildman–Crippen MR) is 50.9 cm³/mol. The van der Waals surface area contributed by atoms with Gasteiger partial charge in [-0.25, -0.2) is 0 Å². The average Bonchev–Trinajstić information content (AvgIpc) is 2.91. The van der Waals surface area contributed by atoms with E-state index in [1.54, 1.807) is 0 Å². The van der Waals surface area contributed by atoms with Crippen LogP contribution in [0.25, 0.3) is 0 Å². The van der Waals surface area contributed by atoms with Crippen LogP contribution in [-0.2, 0) is 9.53 Å². The van der Waals surface area contributed by atoms with Crippen LogP contribution in [0.3, 0.4) is 0 Å². The van der Waals surface area contributed by atoms with Gasteiger partial charge >= 0.3 is 0 Å². The maximum absolute atomic E-state index is 11.7. The Morgan fingerprint density at radius 2 is 2.21 bits per heavy atom. The van der Waals surface area contributed by atoms with Gasteiger partial charge < -0.3 is 9.64 Å². The molecule has 0 aromatic rings. The minimum Gasteiger partial charge on any atom is -0.363 e. The summed E-state index contributed by atoms with van der Waals surface area (Å²) in [4.78, 5) is 16.1. The number of carbonyl (C=O) groups is 1. The van der Waals surface area contributed by atoms with Gasteiger partial charge in [0.15, 0.2) is 6.10 Å². The second kappa shape index (κ2) is 2.94. The zero-order chi connectivity index (χ0) is 9.71. The summed E-state index contributed by atoms with van der Waals surface area (Å²) in [5.41, 5.74) is 0. The first kappa shape index (κ1) is 8.68. The van der Waals surface area contributed by atoms with Crippen molar-refractivity contribution >= 4 is 5.91 Å². The van der Waals surface area contributed by atoms with E-state index in [0.717, 1.165) is 6.54 Å². The van der Waals surface area contributed by atoms with Crippen molar-refractivity contribution in [2.24, 2.45) is 0 Å². The maximum atomic E-state index is 11.7. The third kappa shape index (κ3) is 1.17. The number of fused-ring (bicyclic) bond motifs is 1. The Kier molecular flexibility index (Phi) is 1.82. The van der Waals surface area contributed by atoms with Crippen LogP contribution in [0.15, 0.2) is 0 Å². The fraction of sp³-hybridized carbons (Fsp3) is 0.900. The first-order chi connectivity index (χ1) is 6.77. The molecular weight excluding hydrogens is 180 g/mol. The molecule has 0 spiro atoms. The van der Waals surface area contributed by atoms with Gasteiger partial charge in [0, 0.05) is 18.6 Å². The summed E-state index contributed by atoms with van der Waals surface area (Å²) in [6.45, 7) is 2.74. The molecule has 0 saturated carbocycles. The number of likely N-dealkylation sites (tertiary alicyclic amines) is 2. The van der Waals surface area contributed by atoms with Crippen LogP contribution in [0.1, 0.15) is 12.8 Å². The zero-order valence-corrected chi connectivity index (χ0v) is 8.48. The lowest BCUT2D eigenvalue weighted by Crippen LogP contribution is -2.70. The molecule has 4 nitrogen and oxygen atoms in total. The number of likely N-dealkylation sites (N-methyl/N-ethyl adjacent to an activating group) is 1. The van der Waals surface area contributed by atoms with E-state index in [9.17, 15) is 4.79 Å². The molecule has 3 rings (SSSR count). The Labute approximate surface area is 83.8 Å². The molecule has 0 radical (unpaired) electrons. The SMILES string of the molecule is CN1CCCC2C1CN2C(=O)C1CO1. The number of hydrogen-bond donors (Lipinski definition) is 0. The summed E-state index contributed by atoms with van der Waals surface area (Å²) < 4.78 is 5.03. The molecule has 3 aliphatic heterocycles. The smallest absolute Gasteiger partial charge is 0.254 e. The minimum atomic E-state index is -0.0943. The van der Waals surface area contributed by atoms with Gasteiger partial charge in [0.25, 0.3) is 5.91 Å². The molecule has 14 heavy (non-hydrogen) atoms. The van der Waals surface area contributed by atoms with Crippen molar-refractivity contribution in [3.05, 3.63) is 0 Å². The van der Waals surface area contributed by atoms with E-state index in [2.05, 4.69) is 11.9 Å². The molecule has 0 aromatic carbocycles. The normalized spacial score (nSPS) is 41.5. The van der Waals surface area contributed by atoms with Crippen LogP contribution in [0.4, 0.5) is 0 Å². The molecule has 0 bridgehead atoms. The third-order valence-electron chi connectivity index (χ3n) is 3.70. The highest BCUT2D eigenvalue weighted by Crippen LogP contribution is 2.32. The summed E-state index contributed by atoms with van der Waals surface area (Å²) in [5.74, 6) is 0.224. The standard InChI is InChI=1S/C10H16N2O2/c1-11-4-2-3-7-8(11)5-12(7)10(13)9-6-14-9/h7-9H,2-6H2,1H3.